The van der Waals surface area contributed by atoms with Crippen LogP contribution < -0.4 is 5.32 Å². The molecule has 0 bridgehead atoms. The van der Waals surface area contributed by atoms with E-state index >= 15 is 0 Å². The maximum Gasteiger partial charge on any atom is 0.226 e. The summed E-state index contributed by atoms with van der Waals surface area (Å²) in [5.74, 6) is 1.53. The molecule has 0 radical (unpaired) electrons. The Hall–Kier alpha value is -2.95. The van der Waals surface area contributed by atoms with Crippen molar-refractivity contribution in [2.45, 2.75) is 44.6 Å². The van der Waals surface area contributed by atoms with Gasteiger partial charge in [0.25, 0.3) is 0 Å². The SMILES string of the molecule is c1ccc(-c2nc3c4ccccc4nc(NC4CCCCCC4)n3n2)cc1. The first-order valence-electron chi connectivity index (χ1n) is 9.86. The van der Waals surface area contributed by atoms with Crippen LogP contribution in [0.15, 0.2) is 54.6 Å². The molecule has 136 valence electrons. The predicted molar refractivity (Wildman–Crippen MR) is 109 cm³/mol. The lowest BCUT2D eigenvalue weighted by Gasteiger charge is -2.17. The second kappa shape index (κ2) is 6.99. The molecule has 0 saturated heterocycles. The highest BCUT2D eigenvalue weighted by Crippen LogP contribution is 2.26. The van der Waals surface area contributed by atoms with Crippen molar-refractivity contribution in [1.82, 2.24) is 19.6 Å². The minimum atomic E-state index is 0.453. The number of benzene rings is 2. The van der Waals surface area contributed by atoms with Gasteiger partial charge in [-0.2, -0.15) is 4.52 Å². The summed E-state index contributed by atoms with van der Waals surface area (Å²) in [6.45, 7) is 0. The van der Waals surface area contributed by atoms with Crippen molar-refractivity contribution in [3.05, 3.63) is 54.6 Å². The number of para-hydroxylation sites is 1. The van der Waals surface area contributed by atoms with Crippen LogP contribution in [0.3, 0.4) is 0 Å². The van der Waals surface area contributed by atoms with Crippen molar-refractivity contribution < 1.29 is 0 Å². The molecule has 5 nitrogen and oxygen atoms in total. The zero-order chi connectivity index (χ0) is 18.1. The van der Waals surface area contributed by atoms with Crippen molar-refractivity contribution in [2.75, 3.05) is 5.32 Å². The number of anilines is 1. The van der Waals surface area contributed by atoms with E-state index in [1.807, 2.05) is 53.0 Å². The van der Waals surface area contributed by atoms with Gasteiger partial charge in [-0.25, -0.2) is 9.97 Å². The van der Waals surface area contributed by atoms with Gasteiger partial charge in [-0.15, -0.1) is 5.10 Å². The van der Waals surface area contributed by atoms with Gasteiger partial charge < -0.3 is 5.32 Å². The zero-order valence-corrected chi connectivity index (χ0v) is 15.3. The summed E-state index contributed by atoms with van der Waals surface area (Å²) in [5.41, 5.74) is 2.83. The fraction of sp³-hybridized carbons (Fsp3) is 0.318. The number of hydrogen-bond donors (Lipinski definition) is 1. The van der Waals surface area contributed by atoms with Crippen LogP contribution in [0.2, 0.25) is 0 Å². The lowest BCUT2D eigenvalue weighted by atomic mass is 10.1. The molecule has 1 aliphatic rings. The molecule has 1 aliphatic carbocycles. The molecular weight excluding hydrogens is 334 g/mol. The fourth-order valence-corrected chi connectivity index (χ4v) is 3.96. The van der Waals surface area contributed by atoms with Crippen molar-refractivity contribution in [3.8, 4) is 11.4 Å². The van der Waals surface area contributed by atoms with E-state index in [-0.39, 0.29) is 0 Å². The topological polar surface area (TPSA) is 55.1 Å². The number of nitrogens with one attached hydrogen (secondary N) is 1. The van der Waals surface area contributed by atoms with E-state index in [1.165, 1.54) is 38.5 Å². The van der Waals surface area contributed by atoms with Crippen molar-refractivity contribution in [3.63, 3.8) is 0 Å². The summed E-state index contributed by atoms with van der Waals surface area (Å²) in [4.78, 5) is 9.74. The quantitative estimate of drug-likeness (QED) is 0.520. The van der Waals surface area contributed by atoms with Crippen LogP contribution in [0.5, 0.6) is 0 Å². The molecule has 5 heteroatoms. The maximum absolute atomic E-state index is 4.88. The van der Waals surface area contributed by atoms with Gasteiger partial charge in [-0.05, 0) is 25.0 Å². The Morgan fingerprint density at radius 2 is 1.56 bits per heavy atom. The third-order valence-corrected chi connectivity index (χ3v) is 5.40. The molecule has 0 spiro atoms. The van der Waals surface area contributed by atoms with Crippen LogP contribution in [0.1, 0.15) is 38.5 Å². The minimum absolute atomic E-state index is 0.453. The van der Waals surface area contributed by atoms with E-state index in [1.54, 1.807) is 0 Å². The van der Waals surface area contributed by atoms with Crippen LogP contribution in [0.25, 0.3) is 27.9 Å². The molecule has 0 aliphatic heterocycles. The molecule has 2 aromatic carbocycles. The Morgan fingerprint density at radius 3 is 2.37 bits per heavy atom. The van der Waals surface area contributed by atoms with Gasteiger partial charge in [-0.1, -0.05) is 68.1 Å². The number of fused-ring (bicyclic) bond motifs is 3. The number of rotatable bonds is 3. The largest absolute Gasteiger partial charge is 0.351 e. The predicted octanol–water partition coefficient (Wildman–Crippen LogP) is 5.08. The Morgan fingerprint density at radius 1 is 0.815 bits per heavy atom. The van der Waals surface area contributed by atoms with E-state index in [0.717, 1.165) is 33.9 Å². The smallest absolute Gasteiger partial charge is 0.226 e. The summed E-state index contributed by atoms with van der Waals surface area (Å²) in [5, 5.41) is 9.50. The molecule has 0 unspecified atom stereocenters. The molecule has 2 heterocycles. The van der Waals surface area contributed by atoms with Gasteiger partial charge in [0.15, 0.2) is 11.5 Å². The molecular formula is C22H23N5. The van der Waals surface area contributed by atoms with Gasteiger partial charge in [-0.3, -0.25) is 0 Å². The summed E-state index contributed by atoms with van der Waals surface area (Å²) in [6.07, 6.45) is 7.61. The summed E-state index contributed by atoms with van der Waals surface area (Å²) in [7, 11) is 0. The van der Waals surface area contributed by atoms with Crippen LogP contribution in [0, 0.1) is 0 Å². The molecule has 2 aromatic heterocycles. The van der Waals surface area contributed by atoms with Crippen molar-refractivity contribution >= 4 is 22.5 Å². The maximum atomic E-state index is 4.88. The molecule has 4 aromatic rings. The highest BCUT2D eigenvalue weighted by Gasteiger charge is 2.18. The average Bonchev–Trinajstić information content (AvgIpc) is 3.02. The van der Waals surface area contributed by atoms with Gasteiger partial charge in [0.05, 0.1) is 5.52 Å². The normalized spacial score (nSPS) is 15.9. The summed E-state index contributed by atoms with van der Waals surface area (Å²) in [6, 6.07) is 18.7. The number of nitrogens with zero attached hydrogens (tertiary/aromatic N) is 4. The summed E-state index contributed by atoms with van der Waals surface area (Å²) < 4.78 is 1.88. The Bertz CT molecular complexity index is 1060. The second-order valence-corrected chi connectivity index (χ2v) is 7.32. The lowest BCUT2D eigenvalue weighted by Crippen LogP contribution is -2.21. The van der Waals surface area contributed by atoms with Gasteiger partial charge >= 0.3 is 0 Å². The lowest BCUT2D eigenvalue weighted by molar-refractivity contribution is 0.612. The Labute approximate surface area is 158 Å². The Balaban J connectivity index is 1.65. The average molecular weight is 357 g/mol. The standard InChI is InChI=1S/C22H23N5/c1-2-7-13-17(12-6-1)23-22-24-19-15-9-8-14-18(19)21-25-20(26-27(21)22)16-10-4-3-5-11-16/h3-5,8-11,14-15,17H,1-2,6-7,12-13H2,(H,23,24). The van der Waals surface area contributed by atoms with Crippen LogP contribution in [-0.4, -0.2) is 25.6 Å². The van der Waals surface area contributed by atoms with Crippen LogP contribution in [0.4, 0.5) is 5.95 Å². The van der Waals surface area contributed by atoms with Gasteiger partial charge in [0, 0.05) is 17.0 Å². The highest BCUT2D eigenvalue weighted by atomic mass is 15.4. The van der Waals surface area contributed by atoms with Crippen LogP contribution in [-0.2, 0) is 0 Å². The Kier molecular flexibility index (Phi) is 4.20. The number of aromatic nitrogens is 4. The minimum Gasteiger partial charge on any atom is -0.351 e. The van der Waals surface area contributed by atoms with Crippen molar-refractivity contribution in [2.24, 2.45) is 0 Å². The molecule has 1 fully saturated rings. The molecule has 0 atom stereocenters. The molecule has 1 N–H and O–H groups in total. The van der Waals surface area contributed by atoms with Gasteiger partial charge in [0.2, 0.25) is 5.95 Å². The monoisotopic (exact) mass is 357 g/mol. The first-order valence-corrected chi connectivity index (χ1v) is 9.86. The van der Waals surface area contributed by atoms with Crippen molar-refractivity contribution in [1.29, 1.82) is 0 Å². The van der Waals surface area contributed by atoms with Crippen LogP contribution >= 0.6 is 0 Å². The fourth-order valence-electron chi connectivity index (χ4n) is 3.96. The van der Waals surface area contributed by atoms with E-state index < -0.39 is 0 Å². The van der Waals surface area contributed by atoms with Gasteiger partial charge in [0.1, 0.15) is 0 Å². The first kappa shape index (κ1) is 16.2. The third-order valence-electron chi connectivity index (χ3n) is 5.40. The molecule has 5 rings (SSSR count). The second-order valence-electron chi connectivity index (χ2n) is 7.32. The zero-order valence-electron chi connectivity index (χ0n) is 15.3. The van der Waals surface area contributed by atoms with E-state index in [2.05, 4.69) is 11.4 Å². The number of hydrogen-bond acceptors (Lipinski definition) is 4. The first-order chi connectivity index (χ1) is 13.4. The van der Waals surface area contributed by atoms with E-state index in [0.29, 0.717) is 6.04 Å². The summed E-state index contributed by atoms with van der Waals surface area (Å²) >= 11 is 0. The molecule has 0 amide bonds. The molecule has 1 saturated carbocycles. The third kappa shape index (κ3) is 3.14. The van der Waals surface area contributed by atoms with E-state index in [4.69, 9.17) is 15.1 Å². The highest BCUT2D eigenvalue weighted by molar-refractivity contribution is 5.92. The molecule has 27 heavy (non-hydrogen) atoms. The van der Waals surface area contributed by atoms with E-state index in [9.17, 15) is 0 Å².